The molecule has 1 aliphatic heterocycles. The zero-order chi connectivity index (χ0) is 17.8. The van der Waals surface area contributed by atoms with Gasteiger partial charge in [0.1, 0.15) is 23.4 Å². The first-order chi connectivity index (χ1) is 12.8. The van der Waals surface area contributed by atoms with Crippen LogP contribution in [0.4, 0.5) is 0 Å². The molecule has 0 radical (unpaired) electrons. The van der Waals surface area contributed by atoms with Crippen molar-refractivity contribution < 1.29 is 14.2 Å². The van der Waals surface area contributed by atoms with Crippen LogP contribution in [0, 0.1) is 0 Å². The summed E-state index contributed by atoms with van der Waals surface area (Å²) < 4.78 is 19.2. The SMILES string of the molecule is COc1ccc(OCCCn2c(C3CCCO3)nc3ccccc32)cc1. The van der Waals surface area contributed by atoms with E-state index in [-0.39, 0.29) is 6.10 Å². The van der Waals surface area contributed by atoms with Crippen molar-refractivity contribution in [3.63, 3.8) is 0 Å². The summed E-state index contributed by atoms with van der Waals surface area (Å²) in [6.45, 7) is 2.35. The van der Waals surface area contributed by atoms with Gasteiger partial charge >= 0.3 is 0 Å². The van der Waals surface area contributed by atoms with E-state index >= 15 is 0 Å². The Morgan fingerprint density at radius 3 is 2.69 bits per heavy atom. The van der Waals surface area contributed by atoms with Crippen molar-refractivity contribution in [3.8, 4) is 11.5 Å². The smallest absolute Gasteiger partial charge is 0.139 e. The molecule has 0 aliphatic carbocycles. The third kappa shape index (κ3) is 3.53. The summed E-state index contributed by atoms with van der Waals surface area (Å²) in [5, 5.41) is 0. The number of rotatable bonds is 7. The number of hydrogen-bond acceptors (Lipinski definition) is 4. The van der Waals surface area contributed by atoms with Crippen LogP contribution in [0.15, 0.2) is 48.5 Å². The fourth-order valence-corrected chi connectivity index (χ4v) is 3.44. The van der Waals surface area contributed by atoms with Crippen molar-refractivity contribution in [2.75, 3.05) is 20.3 Å². The van der Waals surface area contributed by atoms with E-state index in [0.29, 0.717) is 6.61 Å². The highest BCUT2D eigenvalue weighted by atomic mass is 16.5. The Labute approximate surface area is 153 Å². The number of fused-ring (bicyclic) bond motifs is 1. The fourth-order valence-electron chi connectivity index (χ4n) is 3.44. The van der Waals surface area contributed by atoms with Gasteiger partial charge in [0.05, 0.1) is 24.8 Å². The van der Waals surface area contributed by atoms with Gasteiger partial charge in [0.25, 0.3) is 0 Å². The molecule has 2 heterocycles. The Bertz CT molecular complexity index is 851. The van der Waals surface area contributed by atoms with Crippen LogP contribution in [0.25, 0.3) is 11.0 Å². The minimum atomic E-state index is 0.116. The van der Waals surface area contributed by atoms with Crippen LogP contribution in [-0.4, -0.2) is 29.9 Å². The van der Waals surface area contributed by atoms with Gasteiger partial charge in [-0.2, -0.15) is 0 Å². The molecule has 4 rings (SSSR count). The summed E-state index contributed by atoms with van der Waals surface area (Å²) in [6.07, 6.45) is 3.18. The molecule has 0 spiro atoms. The van der Waals surface area contributed by atoms with Crippen LogP contribution in [0.1, 0.15) is 31.2 Å². The van der Waals surface area contributed by atoms with Gasteiger partial charge in [0.2, 0.25) is 0 Å². The quantitative estimate of drug-likeness (QED) is 0.593. The second kappa shape index (κ2) is 7.79. The molecule has 1 unspecified atom stereocenters. The van der Waals surface area contributed by atoms with Crippen molar-refractivity contribution in [1.29, 1.82) is 0 Å². The molecule has 1 saturated heterocycles. The molecular formula is C21H24N2O3. The fraction of sp³-hybridized carbons (Fsp3) is 0.381. The van der Waals surface area contributed by atoms with Crippen LogP contribution in [-0.2, 0) is 11.3 Å². The van der Waals surface area contributed by atoms with Gasteiger partial charge in [-0.3, -0.25) is 0 Å². The first-order valence-corrected chi connectivity index (χ1v) is 9.19. The molecule has 0 bridgehead atoms. The van der Waals surface area contributed by atoms with E-state index in [9.17, 15) is 0 Å². The third-order valence-corrected chi connectivity index (χ3v) is 4.76. The normalized spacial score (nSPS) is 16.9. The van der Waals surface area contributed by atoms with Gasteiger partial charge in [-0.15, -0.1) is 0 Å². The van der Waals surface area contributed by atoms with E-state index in [2.05, 4.69) is 22.8 Å². The Kier molecular flexibility index (Phi) is 5.07. The standard InChI is InChI=1S/C21H24N2O3/c1-24-16-9-11-17(12-10-16)25-15-5-13-23-19-7-3-2-6-18(19)22-21(23)20-8-4-14-26-20/h2-3,6-7,9-12,20H,4-5,8,13-15H2,1H3. The lowest BCUT2D eigenvalue weighted by atomic mass is 10.2. The largest absolute Gasteiger partial charge is 0.497 e. The zero-order valence-corrected chi connectivity index (χ0v) is 15.1. The number of aryl methyl sites for hydroxylation is 1. The molecule has 0 amide bonds. The Morgan fingerprint density at radius 1 is 1.12 bits per heavy atom. The first-order valence-electron chi connectivity index (χ1n) is 9.19. The summed E-state index contributed by atoms with van der Waals surface area (Å²) in [6, 6.07) is 16.0. The van der Waals surface area contributed by atoms with Crippen LogP contribution < -0.4 is 9.47 Å². The van der Waals surface area contributed by atoms with E-state index in [4.69, 9.17) is 19.2 Å². The van der Waals surface area contributed by atoms with Gasteiger partial charge in [0, 0.05) is 13.2 Å². The van der Waals surface area contributed by atoms with Crippen molar-refractivity contribution in [2.45, 2.75) is 31.9 Å². The minimum absolute atomic E-state index is 0.116. The maximum atomic E-state index is 5.88. The van der Waals surface area contributed by atoms with Crippen molar-refractivity contribution >= 4 is 11.0 Å². The monoisotopic (exact) mass is 352 g/mol. The van der Waals surface area contributed by atoms with Crippen LogP contribution >= 0.6 is 0 Å². The number of hydrogen-bond donors (Lipinski definition) is 0. The van der Waals surface area contributed by atoms with Crippen LogP contribution in [0.5, 0.6) is 11.5 Å². The van der Waals surface area contributed by atoms with Crippen LogP contribution in [0.3, 0.4) is 0 Å². The second-order valence-corrected chi connectivity index (χ2v) is 6.49. The topological polar surface area (TPSA) is 45.5 Å². The highest BCUT2D eigenvalue weighted by molar-refractivity contribution is 5.76. The minimum Gasteiger partial charge on any atom is -0.497 e. The first kappa shape index (κ1) is 16.9. The third-order valence-electron chi connectivity index (χ3n) is 4.76. The van der Waals surface area contributed by atoms with Crippen molar-refractivity contribution in [2.24, 2.45) is 0 Å². The molecule has 5 heteroatoms. The van der Waals surface area contributed by atoms with Crippen molar-refractivity contribution in [1.82, 2.24) is 9.55 Å². The van der Waals surface area contributed by atoms with Gasteiger partial charge in [0.15, 0.2) is 0 Å². The highest BCUT2D eigenvalue weighted by Gasteiger charge is 2.24. The van der Waals surface area contributed by atoms with E-state index < -0.39 is 0 Å². The molecule has 2 aromatic carbocycles. The molecule has 1 fully saturated rings. The Balaban J connectivity index is 1.43. The lowest BCUT2D eigenvalue weighted by molar-refractivity contribution is 0.102. The van der Waals surface area contributed by atoms with Crippen molar-refractivity contribution in [3.05, 3.63) is 54.4 Å². The lowest BCUT2D eigenvalue weighted by Crippen LogP contribution is -2.11. The second-order valence-electron chi connectivity index (χ2n) is 6.49. The zero-order valence-electron chi connectivity index (χ0n) is 15.1. The summed E-state index contributed by atoms with van der Waals surface area (Å²) in [5.41, 5.74) is 2.21. The molecule has 0 saturated carbocycles. The summed E-state index contributed by atoms with van der Waals surface area (Å²) >= 11 is 0. The lowest BCUT2D eigenvalue weighted by Gasteiger charge is -2.14. The Morgan fingerprint density at radius 2 is 1.92 bits per heavy atom. The molecular weight excluding hydrogens is 328 g/mol. The number of methoxy groups -OCH3 is 1. The van der Waals surface area contributed by atoms with Crippen LogP contribution in [0.2, 0.25) is 0 Å². The summed E-state index contributed by atoms with van der Waals surface area (Å²) in [7, 11) is 1.66. The number of benzene rings is 2. The molecule has 5 nitrogen and oxygen atoms in total. The molecule has 136 valence electrons. The number of aromatic nitrogens is 2. The molecule has 1 aliphatic rings. The molecule has 1 aromatic heterocycles. The van der Waals surface area contributed by atoms with E-state index in [1.807, 2.05) is 30.3 Å². The highest BCUT2D eigenvalue weighted by Crippen LogP contribution is 2.30. The maximum absolute atomic E-state index is 5.88. The number of ether oxygens (including phenoxy) is 3. The molecule has 3 aromatic rings. The number of nitrogens with zero attached hydrogens (tertiary/aromatic N) is 2. The Hall–Kier alpha value is -2.53. The van der Waals surface area contributed by atoms with Gasteiger partial charge in [-0.1, -0.05) is 12.1 Å². The van der Waals surface area contributed by atoms with Gasteiger partial charge in [-0.05, 0) is 55.7 Å². The van der Waals surface area contributed by atoms with E-state index in [1.165, 1.54) is 5.52 Å². The van der Waals surface area contributed by atoms with E-state index in [0.717, 1.165) is 55.3 Å². The number of para-hydroxylation sites is 2. The molecule has 0 N–H and O–H groups in total. The number of imidazole rings is 1. The summed E-state index contributed by atoms with van der Waals surface area (Å²) in [4.78, 5) is 4.83. The van der Waals surface area contributed by atoms with E-state index in [1.54, 1.807) is 7.11 Å². The molecule has 26 heavy (non-hydrogen) atoms. The van der Waals surface area contributed by atoms with Gasteiger partial charge < -0.3 is 18.8 Å². The average molecular weight is 352 g/mol. The van der Waals surface area contributed by atoms with Gasteiger partial charge in [-0.25, -0.2) is 4.98 Å². The predicted octanol–water partition coefficient (Wildman–Crippen LogP) is 4.37. The average Bonchev–Trinajstić information content (AvgIpc) is 3.33. The predicted molar refractivity (Wildman–Crippen MR) is 101 cm³/mol. The summed E-state index contributed by atoms with van der Waals surface area (Å²) in [5.74, 6) is 2.75. The maximum Gasteiger partial charge on any atom is 0.139 e. The molecule has 1 atom stereocenters.